The summed E-state index contributed by atoms with van der Waals surface area (Å²) in [6, 6.07) is -0.0959. The number of hydrogen-bond acceptors (Lipinski definition) is 4. The predicted octanol–water partition coefficient (Wildman–Crippen LogP) is 1.22. The number of aliphatic imine (C=N–C) groups is 1. The number of nitrogens with zero attached hydrogens (tertiary/aromatic N) is 2. The van der Waals surface area contributed by atoms with Gasteiger partial charge in [0.15, 0.2) is 5.96 Å². The third-order valence-corrected chi connectivity index (χ3v) is 5.80. The molecule has 0 aromatic carbocycles. The molecule has 0 spiro atoms. The van der Waals surface area contributed by atoms with E-state index < -0.39 is 15.5 Å². The number of nitrogens with one attached hydrogen (secondary N) is 2. The molecule has 0 unspecified atom stereocenters. The third-order valence-electron chi connectivity index (χ3n) is 3.47. The Bertz CT molecular complexity index is 489. The van der Waals surface area contributed by atoms with Crippen molar-refractivity contribution in [1.29, 1.82) is 0 Å². The first-order valence-electron chi connectivity index (χ1n) is 7.25. The molecular weight excluding hydrogens is 353 g/mol. The summed E-state index contributed by atoms with van der Waals surface area (Å²) < 4.78 is 60.7. The van der Waals surface area contributed by atoms with Crippen molar-refractivity contribution in [1.82, 2.24) is 14.9 Å². The highest BCUT2D eigenvalue weighted by Gasteiger charge is 2.50. The topological polar surface area (TPSA) is 73.8 Å². The smallest absolute Gasteiger partial charge is 0.356 e. The number of rotatable bonds is 6. The molecule has 0 bridgehead atoms. The molecule has 0 aliphatic carbocycles. The van der Waals surface area contributed by atoms with Gasteiger partial charge < -0.3 is 10.6 Å². The van der Waals surface area contributed by atoms with Crippen molar-refractivity contribution in [2.45, 2.75) is 30.8 Å². The first-order chi connectivity index (χ1) is 10.7. The van der Waals surface area contributed by atoms with E-state index in [4.69, 9.17) is 0 Å². The van der Waals surface area contributed by atoms with Crippen LogP contribution in [0.2, 0.25) is 0 Å². The summed E-state index contributed by atoms with van der Waals surface area (Å²) in [5, 5.41) is 6.25. The Balaban J connectivity index is 2.44. The molecule has 1 fully saturated rings. The van der Waals surface area contributed by atoms with E-state index in [-0.39, 0.29) is 19.1 Å². The van der Waals surface area contributed by atoms with Crippen molar-refractivity contribution >= 4 is 27.7 Å². The summed E-state index contributed by atoms with van der Waals surface area (Å²) in [4.78, 5) is 4.06. The van der Waals surface area contributed by atoms with Crippen LogP contribution < -0.4 is 10.6 Å². The lowest BCUT2D eigenvalue weighted by Crippen LogP contribution is -2.51. The van der Waals surface area contributed by atoms with Crippen LogP contribution in [0.1, 0.15) is 19.3 Å². The van der Waals surface area contributed by atoms with Gasteiger partial charge in [-0.2, -0.15) is 29.2 Å². The molecule has 1 saturated heterocycles. The standard InChI is InChI=1S/C12H23F3N4O2S2/c1-16-11(17-6-3-9-22-2)18-10-4-7-19(8-5-10)23(20,21)12(13,14)15/h10H,3-9H2,1-2H3,(H2,16,17,18). The van der Waals surface area contributed by atoms with Gasteiger partial charge in [0, 0.05) is 32.7 Å². The average Bonchev–Trinajstić information content (AvgIpc) is 2.49. The van der Waals surface area contributed by atoms with E-state index in [0.29, 0.717) is 23.1 Å². The number of thioether (sulfide) groups is 1. The van der Waals surface area contributed by atoms with E-state index in [1.807, 2.05) is 6.26 Å². The molecule has 0 atom stereocenters. The number of piperidine rings is 1. The van der Waals surface area contributed by atoms with Gasteiger partial charge in [0.1, 0.15) is 0 Å². The first-order valence-corrected chi connectivity index (χ1v) is 10.1. The fourth-order valence-electron chi connectivity index (χ4n) is 2.20. The van der Waals surface area contributed by atoms with E-state index in [2.05, 4.69) is 15.6 Å². The Labute approximate surface area is 139 Å². The molecular formula is C12H23F3N4O2S2. The Hall–Kier alpha value is -0.680. The molecule has 1 aliphatic heterocycles. The summed E-state index contributed by atoms with van der Waals surface area (Å²) in [5.41, 5.74) is -5.23. The number of hydrogen-bond donors (Lipinski definition) is 2. The van der Waals surface area contributed by atoms with Gasteiger partial charge >= 0.3 is 15.5 Å². The lowest BCUT2D eigenvalue weighted by atomic mass is 10.1. The van der Waals surface area contributed by atoms with Gasteiger partial charge in [-0.1, -0.05) is 0 Å². The summed E-state index contributed by atoms with van der Waals surface area (Å²) in [5.74, 6) is 1.61. The molecule has 1 heterocycles. The second-order valence-corrected chi connectivity index (χ2v) is 8.03. The Morgan fingerprint density at radius 3 is 2.43 bits per heavy atom. The highest BCUT2D eigenvalue weighted by Crippen LogP contribution is 2.28. The van der Waals surface area contributed by atoms with Gasteiger partial charge in [-0.15, -0.1) is 0 Å². The fraction of sp³-hybridized carbons (Fsp3) is 0.917. The maximum Gasteiger partial charge on any atom is 0.511 e. The molecule has 0 aromatic rings. The second kappa shape index (κ2) is 8.97. The van der Waals surface area contributed by atoms with Crippen LogP contribution in [0, 0.1) is 0 Å². The minimum atomic E-state index is -5.23. The second-order valence-electron chi connectivity index (χ2n) is 5.11. The van der Waals surface area contributed by atoms with Crippen LogP contribution in [0.15, 0.2) is 4.99 Å². The Morgan fingerprint density at radius 2 is 1.96 bits per heavy atom. The van der Waals surface area contributed by atoms with Gasteiger partial charge in [0.05, 0.1) is 0 Å². The first kappa shape index (κ1) is 20.4. The van der Waals surface area contributed by atoms with Crippen molar-refractivity contribution in [2.75, 3.05) is 38.7 Å². The summed E-state index contributed by atoms with van der Waals surface area (Å²) >= 11 is 1.75. The minimum Gasteiger partial charge on any atom is -0.356 e. The predicted molar refractivity (Wildman–Crippen MR) is 87.1 cm³/mol. The van der Waals surface area contributed by atoms with Gasteiger partial charge in [-0.05, 0) is 31.3 Å². The molecule has 2 N–H and O–H groups in total. The zero-order chi connectivity index (χ0) is 17.5. The van der Waals surface area contributed by atoms with Crippen molar-refractivity contribution in [3.8, 4) is 0 Å². The summed E-state index contributed by atoms with van der Waals surface area (Å²) in [7, 11) is -3.60. The normalized spacial score (nSPS) is 18.9. The van der Waals surface area contributed by atoms with Crippen molar-refractivity contribution in [2.24, 2.45) is 4.99 Å². The number of sulfonamides is 1. The molecule has 0 amide bonds. The van der Waals surface area contributed by atoms with E-state index in [1.54, 1.807) is 18.8 Å². The quantitative estimate of drug-likeness (QED) is 0.414. The molecule has 1 rings (SSSR count). The number of guanidine groups is 1. The maximum atomic E-state index is 12.5. The van der Waals surface area contributed by atoms with Crippen LogP contribution in [0.25, 0.3) is 0 Å². The van der Waals surface area contributed by atoms with Crippen LogP contribution in [-0.2, 0) is 10.0 Å². The lowest BCUT2D eigenvalue weighted by Gasteiger charge is -2.32. The van der Waals surface area contributed by atoms with Gasteiger partial charge in [-0.3, -0.25) is 4.99 Å². The Morgan fingerprint density at radius 1 is 1.35 bits per heavy atom. The van der Waals surface area contributed by atoms with Crippen molar-refractivity contribution in [3.05, 3.63) is 0 Å². The van der Waals surface area contributed by atoms with Crippen LogP contribution in [-0.4, -0.2) is 68.9 Å². The van der Waals surface area contributed by atoms with E-state index in [0.717, 1.165) is 18.7 Å². The van der Waals surface area contributed by atoms with Gasteiger partial charge in [-0.25, -0.2) is 8.42 Å². The van der Waals surface area contributed by atoms with Gasteiger partial charge in [0.25, 0.3) is 0 Å². The summed E-state index contributed by atoms with van der Waals surface area (Å²) in [6.07, 6.45) is 3.61. The van der Waals surface area contributed by atoms with Crippen LogP contribution in [0.4, 0.5) is 13.2 Å². The molecule has 0 radical (unpaired) electrons. The zero-order valence-corrected chi connectivity index (χ0v) is 14.8. The highest BCUT2D eigenvalue weighted by atomic mass is 32.2. The average molecular weight is 376 g/mol. The van der Waals surface area contributed by atoms with Gasteiger partial charge in [0.2, 0.25) is 0 Å². The monoisotopic (exact) mass is 376 g/mol. The minimum absolute atomic E-state index is 0.0959. The highest BCUT2D eigenvalue weighted by molar-refractivity contribution is 7.98. The van der Waals surface area contributed by atoms with Crippen LogP contribution >= 0.6 is 11.8 Å². The van der Waals surface area contributed by atoms with E-state index in [9.17, 15) is 21.6 Å². The Kier molecular flexibility index (Phi) is 7.95. The molecule has 0 aromatic heterocycles. The summed E-state index contributed by atoms with van der Waals surface area (Å²) in [6.45, 7) is 0.452. The largest absolute Gasteiger partial charge is 0.511 e. The van der Waals surface area contributed by atoms with Crippen LogP contribution in [0.3, 0.4) is 0 Å². The van der Waals surface area contributed by atoms with E-state index >= 15 is 0 Å². The van der Waals surface area contributed by atoms with E-state index in [1.165, 1.54) is 0 Å². The number of halogens is 3. The molecule has 6 nitrogen and oxygen atoms in total. The maximum absolute atomic E-state index is 12.5. The zero-order valence-electron chi connectivity index (χ0n) is 13.2. The van der Waals surface area contributed by atoms with Crippen molar-refractivity contribution in [3.63, 3.8) is 0 Å². The third kappa shape index (κ3) is 6.03. The SMILES string of the molecule is CN=C(NCCCSC)NC1CCN(S(=O)(=O)C(F)(F)F)CC1. The fourth-order valence-corrected chi connectivity index (χ4v) is 3.62. The molecule has 23 heavy (non-hydrogen) atoms. The number of alkyl halides is 3. The van der Waals surface area contributed by atoms with Crippen LogP contribution in [0.5, 0.6) is 0 Å². The molecule has 0 saturated carbocycles. The molecule has 11 heteroatoms. The lowest BCUT2D eigenvalue weighted by molar-refractivity contribution is -0.0494. The molecule has 136 valence electrons. The molecule has 1 aliphatic rings. The van der Waals surface area contributed by atoms with Crippen molar-refractivity contribution < 1.29 is 21.6 Å².